The predicted molar refractivity (Wildman–Crippen MR) is 81.2 cm³/mol. The van der Waals surface area contributed by atoms with E-state index in [9.17, 15) is 23.5 Å². The Morgan fingerprint density at radius 1 is 1.26 bits per heavy atom. The summed E-state index contributed by atoms with van der Waals surface area (Å²) in [6.07, 6.45) is -0.218. The Bertz CT molecular complexity index is 552. The molecule has 4 nitrogen and oxygen atoms in total. The second-order valence-corrected chi connectivity index (χ2v) is 6.12. The molecule has 0 heterocycles. The van der Waals surface area contributed by atoms with E-state index in [0.29, 0.717) is 0 Å². The number of hydrogen-bond acceptors (Lipinski definition) is 2. The number of carbonyl (C=O) groups is 2. The zero-order valence-electron chi connectivity index (χ0n) is 13.0. The van der Waals surface area contributed by atoms with Crippen LogP contribution in [-0.4, -0.2) is 40.9 Å². The molecule has 0 saturated heterocycles. The van der Waals surface area contributed by atoms with Crippen LogP contribution in [0.3, 0.4) is 0 Å². The molecule has 1 fully saturated rings. The van der Waals surface area contributed by atoms with Gasteiger partial charge < -0.3 is 10.0 Å². The van der Waals surface area contributed by atoms with Crippen LogP contribution in [-0.2, 0) is 16.0 Å². The van der Waals surface area contributed by atoms with Gasteiger partial charge in [-0.2, -0.15) is 0 Å². The first-order chi connectivity index (χ1) is 10.8. The number of likely N-dealkylation sites (N-methyl/N-ethyl adjacent to an activating group) is 1. The summed E-state index contributed by atoms with van der Waals surface area (Å²) < 4.78 is 26.4. The van der Waals surface area contributed by atoms with Crippen LogP contribution in [0, 0.1) is 5.92 Å². The summed E-state index contributed by atoms with van der Waals surface area (Å²) in [5, 5.41) is 9.42. The minimum absolute atomic E-state index is 0.105. The lowest BCUT2D eigenvalue weighted by molar-refractivity contribution is -0.152. The monoisotopic (exact) mass is 325 g/mol. The molecule has 1 aliphatic rings. The highest BCUT2D eigenvalue weighted by Gasteiger charge is 2.39. The number of carboxylic acids is 1. The largest absolute Gasteiger partial charge is 0.480 e. The molecule has 1 saturated carbocycles. The van der Waals surface area contributed by atoms with Crippen molar-refractivity contribution in [3.63, 3.8) is 0 Å². The molecule has 1 amide bonds. The number of rotatable bonds is 5. The summed E-state index contributed by atoms with van der Waals surface area (Å²) in [6, 6.07) is 8.05. The number of carboxylic acid groups (broad SMARTS) is 1. The fourth-order valence-corrected chi connectivity index (χ4v) is 2.96. The van der Waals surface area contributed by atoms with E-state index in [1.807, 2.05) is 6.07 Å². The van der Waals surface area contributed by atoms with E-state index < -0.39 is 23.9 Å². The van der Waals surface area contributed by atoms with Gasteiger partial charge in [0.2, 0.25) is 11.8 Å². The minimum atomic E-state index is -2.70. The van der Waals surface area contributed by atoms with Gasteiger partial charge >= 0.3 is 5.97 Å². The average molecular weight is 325 g/mol. The number of aliphatic carboxylic acids is 1. The van der Waals surface area contributed by atoms with Crippen molar-refractivity contribution in [3.05, 3.63) is 35.9 Å². The maximum atomic E-state index is 13.2. The molecule has 0 bridgehead atoms. The van der Waals surface area contributed by atoms with Crippen LogP contribution in [0.15, 0.2) is 30.3 Å². The number of alkyl halides is 2. The Balaban J connectivity index is 2.04. The highest BCUT2D eigenvalue weighted by Crippen LogP contribution is 2.37. The highest BCUT2D eigenvalue weighted by molar-refractivity contribution is 5.85. The molecular formula is C17H21F2NO3. The molecule has 0 unspecified atom stereocenters. The molecule has 126 valence electrons. The van der Waals surface area contributed by atoms with Crippen molar-refractivity contribution in [2.75, 3.05) is 7.05 Å². The molecular weight excluding hydrogens is 304 g/mol. The normalized spacial score (nSPS) is 19.1. The van der Waals surface area contributed by atoms with Gasteiger partial charge in [0, 0.05) is 32.2 Å². The van der Waals surface area contributed by atoms with Gasteiger partial charge in [-0.25, -0.2) is 13.6 Å². The third-order valence-corrected chi connectivity index (χ3v) is 4.44. The molecule has 6 heteroatoms. The van der Waals surface area contributed by atoms with Crippen molar-refractivity contribution in [3.8, 4) is 0 Å². The quantitative estimate of drug-likeness (QED) is 0.905. The lowest BCUT2D eigenvalue weighted by atomic mass is 9.85. The van der Waals surface area contributed by atoms with Gasteiger partial charge in [0.15, 0.2) is 0 Å². The van der Waals surface area contributed by atoms with Gasteiger partial charge in [-0.1, -0.05) is 30.3 Å². The lowest BCUT2D eigenvalue weighted by Crippen LogP contribution is -2.47. The second-order valence-electron chi connectivity index (χ2n) is 6.12. The molecule has 0 spiro atoms. The molecule has 2 rings (SSSR count). The number of benzene rings is 1. The molecule has 1 atom stereocenters. The smallest absolute Gasteiger partial charge is 0.326 e. The number of amides is 1. The third-order valence-electron chi connectivity index (χ3n) is 4.44. The van der Waals surface area contributed by atoms with Crippen LogP contribution in [0.25, 0.3) is 0 Å². The number of nitrogens with zero attached hydrogens (tertiary/aromatic N) is 1. The minimum Gasteiger partial charge on any atom is -0.480 e. The Kier molecular flexibility index (Phi) is 5.34. The highest BCUT2D eigenvalue weighted by atomic mass is 19.3. The topological polar surface area (TPSA) is 57.6 Å². The van der Waals surface area contributed by atoms with Crippen molar-refractivity contribution < 1.29 is 23.5 Å². The van der Waals surface area contributed by atoms with Gasteiger partial charge in [0.25, 0.3) is 0 Å². The van der Waals surface area contributed by atoms with E-state index in [1.165, 1.54) is 11.9 Å². The van der Waals surface area contributed by atoms with E-state index in [4.69, 9.17) is 0 Å². The first kappa shape index (κ1) is 17.4. The van der Waals surface area contributed by atoms with Crippen molar-refractivity contribution in [1.82, 2.24) is 4.90 Å². The van der Waals surface area contributed by atoms with E-state index >= 15 is 0 Å². The predicted octanol–water partition coefficient (Wildman–Crippen LogP) is 2.97. The average Bonchev–Trinajstić information content (AvgIpc) is 2.52. The van der Waals surface area contributed by atoms with Gasteiger partial charge in [0.1, 0.15) is 6.04 Å². The standard InChI is InChI=1S/C17H21F2NO3/c1-20(15(21)13-7-9-17(18,19)10-8-13)14(16(22)23)11-12-5-3-2-4-6-12/h2-6,13-14H,7-11H2,1H3,(H,22,23)/t14-/m0/s1. The maximum absolute atomic E-state index is 13.2. The van der Waals surface area contributed by atoms with E-state index in [-0.39, 0.29) is 38.0 Å². The summed E-state index contributed by atoms with van der Waals surface area (Å²) in [7, 11) is 1.44. The molecule has 0 radical (unpaired) electrons. The van der Waals surface area contributed by atoms with Gasteiger partial charge in [0.05, 0.1) is 0 Å². The Morgan fingerprint density at radius 2 is 1.83 bits per heavy atom. The van der Waals surface area contributed by atoms with Crippen LogP contribution in [0.4, 0.5) is 8.78 Å². The number of halogens is 2. The van der Waals surface area contributed by atoms with Crippen LogP contribution in [0.5, 0.6) is 0 Å². The molecule has 1 aromatic rings. The van der Waals surface area contributed by atoms with Crippen LogP contribution >= 0.6 is 0 Å². The zero-order valence-corrected chi connectivity index (χ0v) is 13.0. The first-order valence-corrected chi connectivity index (χ1v) is 7.71. The van der Waals surface area contributed by atoms with Crippen LogP contribution in [0.1, 0.15) is 31.2 Å². The number of carbonyl (C=O) groups excluding carboxylic acids is 1. The summed E-state index contributed by atoms with van der Waals surface area (Å²) in [4.78, 5) is 25.2. The van der Waals surface area contributed by atoms with E-state index in [0.717, 1.165) is 5.56 Å². The SMILES string of the molecule is CN(C(=O)C1CCC(F)(F)CC1)[C@@H](Cc1ccccc1)C(=O)O. The fraction of sp³-hybridized carbons (Fsp3) is 0.529. The van der Waals surface area contributed by atoms with Gasteiger partial charge in [-0.3, -0.25) is 4.79 Å². The first-order valence-electron chi connectivity index (χ1n) is 7.71. The second kappa shape index (κ2) is 7.06. The van der Waals surface area contributed by atoms with Crippen molar-refractivity contribution >= 4 is 11.9 Å². The number of hydrogen-bond donors (Lipinski definition) is 1. The van der Waals surface area contributed by atoms with Gasteiger partial charge in [-0.15, -0.1) is 0 Å². The molecule has 1 aliphatic carbocycles. The summed E-state index contributed by atoms with van der Waals surface area (Å²) in [5.41, 5.74) is 0.815. The summed E-state index contributed by atoms with van der Waals surface area (Å²) >= 11 is 0. The van der Waals surface area contributed by atoms with Crippen LogP contribution in [0.2, 0.25) is 0 Å². The fourth-order valence-electron chi connectivity index (χ4n) is 2.96. The third kappa shape index (κ3) is 4.50. The van der Waals surface area contributed by atoms with Crippen LogP contribution < -0.4 is 0 Å². The van der Waals surface area contributed by atoms with Crippen molar-refractivity contribution in [2.24, 2.45) is 5.92 Å². The summed E-state index contributed by atoms with van der Waals surface area (Å²) in [6.45, 7) is 0. The molecule has 0 aliphatic heterocycles. The Labute approximate surface area is 134 Å². The van der Waals surface area contributed by atoms with Crippen molar-refractivity contribution in [1.29, 1.82) is 0 Å². The van der Waals surface area contributed by atoms with Gasteiger partial charge in [-0.05, 0) is 18.4 Å². The maximum Gasteiger partial charge on any atom is 0.326 e. The molecule has 0 aromatic heterocycles. The lowest BCUT2D eigenvalue weighted by Gasteiger charge is -2.32. The van der Waals surface area contributed by atoms with E-state index in [1.54, 1.807) is 24.3 Å². The molecule has 1 aromatic carbocycles. The Morgan fingerprint density at radius 3 is 2.35 bits per heavy atom. The Hall–Kier alpha value is -1.98. The summed E-state index contributed by atoms with van der Waals surface area (Å²) in [5.74, 6) is -4.67. The van der Waals surface area contributed by atoms with Crippen molar-refractivity contribution in [2.45, 2.75) is 44.1 Å². The zero-order chi connectivity index (χ0) is 17.0. The van der Waals surface area contributed by atoms with E-state index in [2.05, 4.69) is 0 Å². The molecule has 23 heavy (non-hydrogen) atoms. The molecule has 1 N–H and O–H groups in total.